The number of alkyl halides is 3. The number of nitrogen functional groups attached to an aromatic ring is 1. The molecule has 0 saturated heterocycles. The summed E-state index contributed by atoms with van der Waals surface area (Å²) >= 11 is -0.393. The summed E-state index contributed by atoms with van der Waals surface area (Å²) < 4.78 is 35.3. The molecule has 16 heavy (non-hydrogen) atoms. The van der Waals surface area contributed by atoms with E-state index in [1.165, 1.54) is 18.3 Å². The first-order chi connectivity index (χ1) is 7.37. The molecule has 0 aliphatic carbocycles. The summed E-state index contributed by atoms with van der Waals surface area (Å²) in [5.74, 6) is -1.16. The molecule has 0 spiro atoms. The van der Waals surface area contributed by atoms with Crippen LogP contribution < -0.4 is 11.1 Å². The van der Waals surface area contributed by atoms with Crippen LogP contribution >= 0.6 is 11.8 Å². The highest BCUT2D eigenvalue weighted by Gasteiger charge is 2.29. The number of hydrogen-bond donors (Lipinski definition) is 2. The minimum atomic E-state index is -4.41. The SMILES string of the molecule is Nc1ccc(NC(=O)CSC(F)(F)F)cn1. The third kappa shape index (κ3) is 4.87. The molecule has 0 aliphatic rings. The van der Waals surface area contributed by atoms with Gasteiger partial charge in [-0.3, -0.25) is 4.79 Å². The number of hydrogen-bond acceptors (Lipinski definition) is 4. The van der Waals surface area contributed by atoms with Crippen molar-refractivity contribution in [2.24, 2.45) is 0 Å². The topological polar surface area (TPSA) is 68.0 Å². The Morgan fingerprint density at radius 2 is 2.19 bits per heavy atom. The van der Waals surface area contributed by atoms with Crippen LogP contribution in [0.15, 0.2) is 18.3 Å². The highest BCUT2D eigenvalue weighted by atomic mass is 32.2. The molecule has 1 amide bonds. The number of aromatic nitrogens is 1. The van der Waals surface area contributed by atoms with E-state index in [0.29, 0.717) is 5.69 Å². The number of carbonyl (C=O) groups excluding carboxylic acids is 1. The highest BCUT2D eigenvalue weighted by Crippen LogP contribution is 2.29. The van der Waals surface area contributed by atoms with Gasteiger partial charge < -0.3 is 11.1 Å². The Morgan fingerprint density at radius 1 is 1.50 bits per heavy atom. The van der Waals surface area contributed by atoms with Gasteiger partial charge >= 0.3 is 5.51 Å². The van der Waals surface area contributed by atoms with E-state index in [2.05, 4.69) is 10.3 Å². The average molecular weight is 251 g/mol. The maximum absolute atomic E-state index is 11.8. The van der Waals surface area contributed by atoms with E-state index in [-0.39, 0.29) is 5.82 Å². The van der Waals surface area contributed by atoms with Crippen molar-refractivity contribution in [1.82, 2.24) is 4.98 Å². The summed E-state index contributed by atoms with van der Waals surface area (Å²) in [7, 11) is 0. The van der Waals surface area contributed by atoms with Crippen molar-refractivity contribution >= 4 is 29.2 Å². The van der Waals surface area contributed by atoms with E-state index < -0.39 is 28.9 Å². The Bertz CT molecular complexity index is 366. The number of rotatable bonds is 3. The summed E-state index contributed by atoms with van der Waals surface area (Å²) in [6, 6.07) is 2.89. The number of anilines is 2. The molecule has 8 heteroatoms. The second-order valence-corrected chi connectivity index (χ2v) is 3.79. The number of thioether (sulfide) groups is 1. The average Bonchev–Trinajstić information content (AvgIpc) is 2.18. The molecule has 1 aromatic rings. The van der Waals surface area contributed by atoms with E-state index in [9.17, 15) is 18.0 Å². The number of carbonyl (C=O) groups is 1. The number of nitrogens with one attached hydrogen (secondary N) is 1. The van der Waals surface area contributed by atoms with Crippen LogP contribution in [-0.4, -0.2) is 22.2 Å². The molecule has 0 radical (unpaired) electrons. The summed E-state index contributed by atoms with van der Waals surface area (Å²) in [5.41, 5.74) is 1.20. The smallest absolute Gasteiger partial charge is 0.384 e. The molecule has 3 N–H and O–H groups in total. The van der Waals surface area contributed by atoms with Crippen molar-refractivity contribution in [1.29, 1.82) is 0 Å². The number of nitrogens with two attached hydrogens (primary N) is 1. The lowest BCUT2D eigenvalue weighted by Crippen LogP contribution is -2.17. The Balaban J connectivity index is 2.43. The van der Waals surface area contributed by atoms with Crippen molar-refractivity contribution in [2.75, 3.05) is 16.8 Å². The molecule has 0 atom stereocenters. The molecule has 0 bridgehead atoms. The summed E-state index contributed by atoms with van der Waals surface area (Å²) in [4.78, 5) is 14.7. The summed E-state index contributed by atoms with van der Waals surface area (Å²) in [5, 5.41) is 2.26. The third-order valence-electron chi connectivity index (χ3n) is 1.44. The molecule has 0 aliphatic heterocycles. The van der Waals surface area contributed by atoms with Gasteiger partial charge in [-0.25, -0.2) is 4.98 Å². The Morgan fingerprint density at radius 3 is 2.69 bits per heavy atom. The predicted molar refractivity (Wildman–Crippen MR) is 55.8 cm³/mol. The van der Waals surface area contributed by atoms with Crippen LogP contribution in [0, 0.1) is 0 Å². The Hall–Kier alpha value is -1.44. The molecule has 1 aromatic heterocycles. The normalized spacial score (nSPS) is 11.2. The van der Waals surface area contributed by atoms with Crippen molar-refractivity contribution in [3.05, 3.63) is 18.3 Å². The highest BCUT2D eigenvalue weighted by molar-refractivity contribution is 8.00. The molecule has 1 rings (SSSR count). The van der Waals surface area contributed by atoms with Gasteiger partial charge in [0.1, 0.15) is 5.82 Å². The van der Waals surface area contributed by atoms with E-state index in [4.69, 9.17) is 5.73 Å². The van der Waals surface area contributed by atoms with E-state index in [0.717, 1.165) is 0 Å². The molecular formula is C8H8F3N3OS. The fraction of sp³-hybridized carbons (Fsp3) is 0.250. The first-order valence-electron chi connectivity index (χ1n) is 4.09. The molecule has 1 heterocycles. The maximum Gasteiger partial charge on any atom is 0.442 e. The minimum absolute atomic E-state index is 0.266. The lowest BCUT2D eigenvalue weighted by atomic mass is 10.4. The van der Waals surface area contributed by atoms with E-state index in [1.807, 2.05) is 0 Å². The quantitative estimate of drug-likeness (QED) is 0.860. The predicted octanol–water partition coefficient (Wildman–Crippen LogP) is 1.86. The van der Waals surface area contributed by atoms with Gasteiger partial charge in [-0.1, -0.05) is 0 Å². The lowest BCUT2D eigenvalue weighted by molar-refractivity contribution is -0.114. The summed E-state index contributed by atoms with van der Waals surface area (Å²) in [6.07, 6.45) is 1.27. The number of nitrogens with zero attached hydrogens (tertiary/aromatic N) is 1. The Kier molecular flexibility index (Phi) is 3.99. The van der Waals surface area contributed by atoms with Crippen LogP contribution in [0.25, 0.3) is 0 Å². The fourth-order valence-corrected chi connectivity index (χ4v) is 1.19. The fourth-order valence-electron chi connectivity index (χ4n) is 0.824. The van der Waals surface area contributed by atoms with Gasteiger partial charge in [0, 0.05) is 0 Å². The zero-order valence-electron chi connectivity index (χ0n) is 7.91. The van der Waals surface area contributed by atoms with E-state index >= 15 is 0 Å². The zero-order chi connectivity index (χ0) is 12.2. The standard InChI is InChI=1S/C8H8F3N3OS/c9-8(10,11)16-4-7(15)14-5-1-2-6(12)13-3-5/h1-3H,4H2,(H2,12,13)(H,14,15). The second kappa shape index (κ2) is 5.06. The zero-order valence-corrected chi connectivity index (χ0v) is 8.73. The van der Waals surface area contributed by atoms with Gasteiger partial charge in [-0.15, -0.1) is 0 Å². The van der Waals surface area contributed by atoms with Crippen molar-refractivity contribution < 1.29 is 18.0 Å². The van der Waals surface area contributed by atoms with Gasteiger partial charge in [-0.05, 0) is 23.9 Å². The van der Waals surface area contributed by atoms with Crippen molar-refractivity contribution in [3.63, 3.8) is 0 Å². The van der Waals surface area contributed by atoms with Gasteiger partial charge in [0.25, 0.3) is 0 Å². The van der Waals surface area contributed by atoms with Gasteiger partial charge in [0.15, 0.2) is 0 Å². The van der Waals surface area contributed by atoms with Crippen LogP contribution in [0.2, 0.25) is 0 Å². The third-order valence-corrected chi connectivity index (χ3v) is 2.17. The van der Waals surface area contributed by atoms with Crippen molar-refractivity contribution in [2.45, 2.75) is 5.51 Å². The van der Waals surface area contributed by atoms with Crippen molar-refractivity contribution in [3.8, 4) is 0 Å². The number of pyridine rings is 1. The number of halogens is 3. The molecule has 88 valence electrons. The molecule has 0 saturated carbocycles. The molecule has 0 unspecified atom stereocenters. The first kappa shape index (κ1) is 12.6. The molecule has 4 nitrogen and oxygen atoms in total. The molecule has 0 fully saturated rings. The molecule has 0 aromatic carbocycles. The molecular weight excluding hydrogens is 243 g/mol. The largest absolute Gasteiger partial charge is 0.442 e. The maximum atomic E-state index is 11.8. The van der Waals surface area contributed by atoms with Gasteiger partial charge in [-0.2, -0.15) is 13.2 Å². The lowest BCUT2D eigenvalue weighted by Gasteiger charge is -2.06. The van der Waals surface area contributed by atoms with Crippen LogP contribution in [-0.2, 0) is 4.79 Å². The van der Waals surface area contributed by atoms with Crippen LogP contribution in [0.5, 0.6) is 0 Å². The number of amides is 1. The van der Waals surface area contributed by atoms with Crippen LogP contribution in [0.3, 0.4) is 0 Å². The van der Waals surface area contributed by atoms with Crippen LogP contribution in [0.4, 0.5) is 24.7 Å². The minimum Gasteiger partial charge on any atom is -0.384 e. The van der Waals surface area contributed by atoms with Gasteiger partial charge in [0.2, 0.25) is 5.91 Å². The monoisotopic (exact) mass is 251 g/mol. The van der Waals surface area contributed by atoms with Crippen LogP contribution in [0.1, 0.15) is 0 Å². The van der Waals surface area contributed by atoms with E-state index in [1.54, 1.807) is 0 Å². The second-order valence-electron chi connectivity index (χ2n) is 2.75. The summed E-state index contributed by atoms with van der Waals surface area (Å²) in [6.45, 7) is 0. The van der Waals surface area contributed by atoms with Gasteiger partial charge in [0.05, 0.1) is 17.6 Å². The Labute approximate surface area is 93.4 Å². The first-order valence-corrected chi connectivity index (χ1v) is 5.07.